The van der Waals surface area contributed by atoms with Crippen LogP contribution in [0.5, 0.6) is 0 Å². The largest absolute Gasteiger partial charge is 0.405 e. The first-order valence-electron chi connectivity index (χ1n) is 4.80. The maximum absolute atomic E-state index is 11.8. The molecule has 0 atom stereocenters. The molecule has 0 spiro atoms. The summed E-state index contributed by atoms with van der Waals surface area (Å²) in [5.41, 5.74) is 0.466. The molecule has 0 aliphatic carbocycles. The third-order valence-corrected chi connectivity index (χ3v) is 2.68. The fraction of sp³-hybridized carbons (Fsp3) is 0.300. The van der Waals surface area contributed by atoms with Crippen LogP contribution in [0, 0.1) is 0 Å². The average Bonchev–Trinajstić information content (AvgIpc) is 2.26. The van der Waals surface area contributed by atoms with E-state index in [1.54, 1.807) is 23.5 Å². The van der Waals surface area contributed by atoms with E-state index in [4.69, 9.17) is 11.6 Å². The monoisotopic (exact) mass is 344 g/mol. The molecule has 1 aromatic carbocycles. The Morgan fingerprint density at radius 3 is 2.67 bits per heavy atom. The van der Waals surface area contributed by atoms with Crippen LogP contribution in [0.15, 0.2) is 22.7 Å². The van der Waals surface area contributed by atoms with Gasteiger partial charge in [0.1, 0.15) is 6.54 Å². The van der Waals surface area contributed by atoms with Gasteiger partial charge in [0.2, 0.25) is 5.91 Å². The van der Waals surface area contributed by atoms with Crippen molar-refractivity contribution in [2.45, 2.75) is 6.18 Å². The van der Waals surface area contributed by atoms with Crippen LogP contribution in [0.25, 0.3) is 0 Å². The van der Waals surface area contributed by atoms with Crippen LogP contribution in [0.1, 0.15) is 0 Å². The second kappa shape index (κ2) is 6.29. The molecule has 0 unspecified atom stereocenters. The first-order chi connectivity index (χ1) is 8.28. The van der Waals surface area contributed by atoms with Crippen LogP contribution in [-0.4, -0.2) is 25.2 Å². The summed E-state index contributed by atoms with van der Waals surface area (Å²) in [6.45, 7) is -1.63. The normalized spacial score (nSPS) is 11.2. The van der Waals surface area contributed by atoms with Gasteiger partial charge >= 0.3 is 6.18 Å². The molecule has 0 radical (unpaired) electrons. The van der Waals surface area contributed by atoms with Gasteiger partial charge in [-0.25, -0.2) is 0 Å². The van der Waals surface area contributed by atoms with Crippen molar-refractivity contribution in [3.05, 3.63) is 27.7 Å². The number of carbonyl (C=O) groups excluding carboxylic acids is 1. The lowest BCUT2D eigenvalue weighted by atomic mass is 10.3. The summed E-state index contributed by atoms with van der Waals surface area (Å²) in [6, 6.07) is 4.93. The van der Waals surface area contributed by atoms with Crippen LogP contribution in [0.3, 0.4) is 0 Å². The lowest BCUT2D eigenvalue weighted by Crippen LogP contribution is -2.37. The molecular formula is C10H9BrClF3N2O. The molecule has 0 bridgehead atoms. The zero-order valence-electron chi connectivity index (χ0n) is 8.94. The minimum absolute atomic E-state index is 0.285. The van der Waals surface area contributed by atoms with E-state index in [9.17, 15) is 18.0 Å². The van der Waals surface area contributed by atoms with Crippen molar-refractivity contribution < 1.29 is 18.0 Å². The number of benzene rings is 1. The first-order valence-corrected chi connectivity index (χ1v) is 5.97. The summed E-state index contributed by atoms with van der Waals surface area (Å²) in [5.74, 6) is -0.761. The van der Waals surface area contributed by atoms with Crippen LogP contribution in [-0.2, 0) is 4.79 Å². The Labute approximate surface area is 115 Å². The van der Waals surface area contributed by atoms with Gasteiger partial charge in [-0.05, 0) is 18.2 Å². The van der Waals surface area contributed by atoms with Crippen molar-refractivity contribution in [3.63, 3.8) is 0 Å². The number of hydrogen-bond donors (Lipinski definition) is 2. The van der Waals surface area contributed by atoms with Crippen molar-refractivity contribution in [1.82, 2.24) is 5.32 Å². The van der Waals surface area contributed by atoms with E-state index in [0.717, 1.165) is 4.47 Å². The molecular weight excluding hydrogens is 336 g/mol. The Kier molecular flexibility index (Phi) is 5.28. The molecule has 0 fully saturated rings. The van der Waals surface area contributed by atoms with Gasteiger partial charge in [0.05, 0.1) is 17.3 Å². The van der Waals surface area contributed by atoms with E-state index in [1.807, 2.05) is 0 Å². The molecule has 0 aliphatic heterocycles. The fourth-order valence-electron chi connectivity index (χ4n) is 1.07. The molecule has 8 heteroatoms. The van der Waals surface area contributed by atoms with Crippen LogP contribution < -0.4 is 10.6 Å². The number of rotatable bonds is 4. The number of nitrogens with one attached hydrogen (secondary N) is 2. The third kappa shape index (κ3) is 5.59. The zero-order chi connectivity index (χ0) is 13.8. The average molecular weight is 346 g/mol. The van der Waals surface area contributed by atoms with Gasteiger partial charge in [-0.3, -0.25) is 4.79 Å². The van der Waals surface area contributed by atoms with E-state index in [2.05, 4.69) is 21.2 Å². The fourth-order valence-corrected chi connectivity index (χ4v) is 1.62. The van der Waals surface area contributed by atoms with E-state index in [-0.39, 0.29) is 6.54 Å². The lowest BCUT2D eigenvalue weighted by Gasteiger charge is -2.10. The van der Waals surface area contributed by atoms with Gasteiger partial charge in [-0.1, -0.05) is 27.5 Å². The highest BCUT2D eigenvalue weighted by molar-refractivity contribution is 9.10. The third-order valence-electron chi connectivity index (χ3n) is 1.85. The molecule has 0 heterocycles. The summed E-state index contributed by atoms with van der Waals surface area (Å²) < 4.78 is 36.2. The predicted octanol–water partition coefficient (Wildman–Crippen LogP) is 3.19. The number of halogens is 5. The molecule has 18 heavy (non-hydrogen) atoms. The van der Waals surface area contributed by atoms with Crippen molar-refractivity contribution >= 4 is 39.1 Å². The Bertz CT molecular complexity index is 440. The van der Waals surface area contributed by atoms with Crippen LogP contribution >= 0.6 is 27.5 Å². The quantitative estimate of drug-likeness (QED) is 0.880. The second-order valence-electron chi connectivity index (χ2n) is 3.37. The van der Waals surface area contributed by atoms with Crippen molar-refractivity contribution in [2.24, 2.45) is 0 Å². The molecule has 0 saturated heterocycles. The predicted molar refractivity (Wildman–Crippen MR) is 66.7 cm³/mol. The highest BCUT2D eigenvalue weighted by Crippen LogP contribution is 2.25. The molecule has 0 aromatic heterocycles. The van der Waals surface area contributed by atoms with Crippen LogP contribution in [0.2, 0.25) is 5.02 Å². The van der Waals surface area contributed by atoms with Gasteiger partial charge in [0.25, 0.3) is 0 Å². The first kappa shape index (κ1) is 15.1. The molecule has 1 rings (SSSR count). The smallest absolute Gasteiger partial charge is 0.375 e. The van der Waals surface area contributed by atoms with Crippen molar-refractivity contribution in [3.8, 4) is 0 Å². The number of amides is 1. The molecule has 1 amide bonds. The Balaban J connectivity index is 2.45. The molecule has 100 valence electrons. The summed E-state index contributed by atoms with van der Waals surface area (Å²) in [7, 11) is 0. The SMILES string of the molecule is O=C(CNc1cc(Br)ccc1Cl)NCC(F)(F)F. The van der Waals surface area contributed by atoms with Gasteiger partial charge in [-0.2, -0.15) is 13.2 Å². The van der Waals surface area contributed by atoms with E-state index in [0.29, 0.717) is 10.7 Å². The number of anilines is 1. The highest BCUT2D eigenvalue weighted by Gasteiger charge is 2.27. The summed E-state index contributed by atoms with van der Waals surface area (Å²) in [6.07, 6.45) is -4.41. The Morgan fingerprint density at radius 2 is 2.06 bits per heavy atom. The zero-order valence-corrected chi connectivity index (χ0v) is 11.3. The topological polar surface area (TPSA) is 41.1 Å². The van der Waals surface area contributed by atoms with E-state index >= 15 is 0 Å². The van der Waals surface area contributed by atoms with Crippen LogP contribution in [0.4, 0.5) is 18.9 Å². The summed E-state index contributed by atoms with van der Waals surface area (Å²) >= 11 is 9.05. The second-order valence-corrected chi connectivity index (χ2v) is 4.69. The van der Waals surface area contributed by atoms with E-state index < -0.39 is 18.6 Å². The number of carbonyl (C=O) groups is 1. The highest BCUT2D eigenvalue weighted by atomic mass is 79.9. The Morgan fingerprint density at radius 1 is 1.39 bits per heavy atom. The minimum Gasteiger partial charge on any atom is -0.375 e. The molecule has 2 N–H and O–H groups in total. The van der Waals surface area contributed by atoms with Gasteiger partial charge < -0.3 is 10.6 Å². The van der Waals surface area contributed by atoms with E-state index in [1.165, 1.54) is 0 Å². The minimum atomic E-state index is -4.41. The summed E-state index contributed by atoms with van der Waals surface area (Å²) in [4.78, 5) is 11.1. The standard InChI is InChI=1S/C10H9BrClF3N2O/c11-6-1-2-7(12)8(3-6)16-4-9(18)17-5-10(13,14)15/h1-3,16H,4-5H2,(H,17,18). The van der Waals surface area contributed by atoms with Crippen molar-refractivity contribution in [1.29, 1.82) is 0 Å². The maximum Gasteiger partial charge on any atom is 0.405 e. The maximum atomic E-state index is 11.8. The molecule has 1 aromatic rings. The number of alkyl halides is 3. The van der Waals surface area contributed by atoms with Gasteiger partial charge in [0.15, 0.2) is 0 Å². The molecule has 3 nitrogen and oxygen atoms in total. The number of hydrogen-bond acceptors (Lipinski definition) is 2. The van der Waals surface area contributed by atoms with Gasteiger partial charge in [-0.15, -0.1) is 0 Å². The van der Waals surface area contributed by atoms with Crippen molar-refractivity contribution in [2.75, 3.05) is 18.4 Å². The molecule has 0 saturated carbocycles. The Hall–Kier alpha value is -0.950. The van der Waals surface area contributed by atoms with Gasteiger partial charge in [0, 0.05) is 4.47 Å². The summed E-state index contributed by atoms with van der Waals surface area (Å²) in [5, 5.41) is 4.77. The lowest BCUT2D eigenvalue weighted by molar-refractivity contribution is -0.137. The molecule has 0 aliphatic rings.